The molecule has 0 atom stereocenters. The first-order valence-corrected chi connectivity index (χ1v) is 10.2. The summed E-state index contributed by atoms with van der Waals surface area (Å²) in [6.45, 7) is 4.74. The van der Waals surface area contributed by atoms with Gasteiger partial charge < -0.3 is 10.4 Å². The molecule has 0 amide bonds. The molecule has 1 fully saturated rings. The van der Waals surface area contributed by atoms with Crippen LogP contribution in [0, 0.1) is 6.92 Å². The second-order valence-electron chi connectivity index (χ2n) is 7.14. The molecule has 28 heavy (non-hydrogen) atoms. The molecular formula is C20H23N5O2S. The van der Waals surface area contributed by atoms with E-state index in [0.717, 1.165) is 54.6 Å². The first kappa shape index (κ1) is 18.6. The van der Waals surface area contributed by atoms with Crippen molar-refractivity contribution in [3.05, 3.63) is 58.4 Å². The van der Waals surface area contributed by atoms with E-state index in [4.69, 9.17) is 4.98 Å². The predicted octanol–water partition coefficient (Wildman–Crippen LogP) is 4.00. The molecule has 3 aromatic rings. The van der Waals surface area contributed by atoms with E-state index in [9.17, 15) is 9.90 Å². The van der Waals surface area contributed by atoms with Gasteiger partial charge in [0.1, 0.15) is 5.69 Å². The van der Waals surface area contributed by atoms with Crippen molar-refractivity contribution in [1.82, 2.24) is 20.1 Å². The number of benzene rings is 1. The molecule has 7 nitrogen and oxygen atoms in total. The number of aromatic amines is 1. The minimum absolute atomic E-state index is 0.227. The Bertz CT molecular complexity index is 959. The molecule has 1 aliphatic rings. The van der Waals surface area contributed by atoms with Crippen LogP contribution in [-0.4, -0.2) is 44.2 Å². The monoisotopic (exact) mass is 397 g/mol. The molecule has 2 aromatic heterocycles. The number of nitrogens with one attached hydrogen (secondary N) is 2. The number of thiazole rings is 1. The van der Waals surface area contributed by atoms with Crippen LogP contribution >= 0.6 is 11.3 Å². The number of aromatic carboxylic acids is 1. The lowest BCUT2D eigenvalue weighted by atomic mass is 9.89. The fourth-order valence-corrected chi connectivity index (χ4v) is 4.39. The van der Waals surface area contributed by atoms with Gasteiger partial charge in [0.2, 0.25) is 0 Å². The van der Waals surface area contributed by atoms with E-state index in [1.54, 1.807) is 17.5 Å². The molecule has 0 bridgehead atoms. The molecule has 1 aromatic carbocycles. The normalized spacial score (nSPS) is 15.6. The number of carbonyl (C=O) groups is 1. The van der Waals surface area contributed by atoms with Crippen molar-refractivity contribution in [2.24, 2.45) is 0 Å². The number of piperidine rings is 1. The SMILES string of the molecule is Cc1ccccc1Nc1nc(CN2CCC(c3cn[nH]c3C(=O)O)CC2)cs1. The van der Waals surface area contributed by atoms with Crippen LogP contribution in [-0.2, 0) is 6.54 Å². The fraction of sp³-hybridized carbons (Fsp3) is 0.350. The van der Waals surface area contributed by atoms with Crippen molar-refractivity contribution in [2.75, 3.05) is 18.4 Å². The van der Waals surface area contributed by atoms with Crippen LogP contribution in [0.4, 0.5) is 10.8 Å². The summed E-state index contributed by atoms with van der Waals surface area (Å²) in [5.41, 5.74) is 4.39. The Hall–Kier alpha value is -2.71. The fourth-order valence-electron chi connectivity index (χ4n) is 3.67. The summed E-state index contributed by atoms with van der Waals surface area (Å²) in [4.78, 5) is 18.4. The lowest BCUT2D eigenvalue weighted by Gasteiger charge is -2.31. The number of carboxylic acids is 1. The zero-order valence-electron chi connectivity index (χ0n) is 15.7. The van der Waals surface area contributed by atoms with Crippen molar-refractivity contribution < 1.29 is 9.90 Å². The van der Waals surface area contributed by atoms with Crippen molar-refractivity contribution in [2.45, 2.75) is 32.2 Å². The Labute approximate surface area is 167 Å². The van der Waals surface area contributed by atoms with Crippen LogP contribution in [0.2, 0.25) is 0 Å². The van der Waals surface area contributed by atoms with Crippen LogP contribution in [0.1, 0.15) is 46.1 Å². The Kier molecular flexibility index (Phi) is 5.40. The third-order valence-electron chi connectivity index (χ3n) is 5.23. The maximum atomic E-state index is 11.3. The third-order valence-corrected chi connectivity index (χ3v) is 6.04. The largest absolute Gasteiger partial charge is 0.477 e. The van der Waals surface area contributed by atoms with Crippen molar-refractivity contribution in [1.29, 1.82) is 0 Å². The third kappa shape index (κ3) is 4.07. The van der Waals surface area contributed by atoms with Gasteiger partial charge in [-0.25, -0.2) is 9.78 Å². The lowest BCUT2D eigenvalue weighted by Crippen LogP contribution is -2.32. The Morgan fingerprint density at radius 1 is 1.36 bits per heavy atom. The highest BCUT2D eigenvalue weighted by molar-refractivity contribution is 7.13. The summed E-state index contributed by atoms with van der Waals surface area (Å²) in [5.74, 6) is -0.694. The van der Waals surface area contributed by atoms with Gasteiger partial charge in [0.15, 0.2) is 5.13 Å². The van der Waals surface area contributed by atoms with Gasteiger partial charge in [-0.1, -0.05) is 18.2 Å². The summed E-state index contributed by atoms with van der Waals surface area (Å²) in [6, 6.07) is 8.18. The van der Waals surface area contributed by atoms with E-state index in [-0.39, 0.29) is 11.6 Å². The Balaban J connectivity index is 1.33. The first-order chi connectivity index (χ1) is 13.6. The molecule has 4 rings (SSSR count). The van der Waals surface area contributed by atoms with Gasteiger partial charge in [-0.2, -0.15) is 5.10 Å². The number of hydrogen-bond donors (Lipinski definition) is 3. The first-order valence-electron chi connectivity index (χ1n) is 9.36. The topological polar surface area (TPSA) is 94.1 Å². The highest BCUT2D eigenvalue weighted by Gasteiger charge is 2.26. The van der Waals surface area contributed by atoms with E-state index >= 15 is 0 Å². The van der Waals surface area contributed by atoms with Crippen LogP contribution < -0.4 is 5.32 Å². The van der Waals surface area contributed by atoms with Crippen molar-refractivity contribution in [3.63, 3.8) is 0 Å². The van der Waals surface area contributed by atoms with Gasteiger partial charge in [0.05, 0.1) is 11.9 Å². The summed E-state index contributed by atoms with van der Waals surface area (Å²) in [5, 5.41) is 22.2. The highest BCUT2D eigenvalue weighted by Crippen LogP contribution is 2.31. The van der Waals surface area contributed by atoms with E-state index < -0.39 is 5.97 Å². The van der Waals surface area contributed by atoms with Crippen molar-refractivity contribution in [3.8, 4) is 0 Å². The van der Waals surface area contributed by atoms with E-state index in [0.29, 0.717) is 0 Å². The number of hydrogen-bond acceptors (Lipinski definition) is 6. The number of likely N-dealkylation sites (tertiary alicyclic amines) is 1. The second kappa shape index (κ2) is 8.12. The number of nitrogens with zero attached hydrogens (tertiary/aromatic N) is 3. The minimum atomic E-state index is -0.939. The number of carboxylic acid groups (broad SMARTS) is 1. The van der Waals surface area contributed by atoms with Gasteiger partial charge in [0, 0.05) is 23.2 Å². The van der Waals surface area contributed by atoms with Gasteiger partial charge >= 0.3 is 5.97 Å². The molecule has 1 aliphatic heterocycles. The van der Waals surface area contributed by atoms with Crippen LogP contribution in [0.5, 0.6) is 0 Å². The number of H-pyrrole nitrogens is 1. The predicted molar refractivity (Wildman–Crippen MR) is 109 cm³/mol. The van der Waals surface area contributed by atoms with Gasteiger partial charge in [-0.15, -0.1) is 11.3 Å². The van der Waals surface area contributed by atoms with Gasteiger partial charge in [0.25, 0.3) is 0 Å². The van der Waals surface area contributed by atoms with Gasteiger partial charge in [-0.3, -0.25) is 10.00 Å². The molecule has 0 spiro atoms. The lowest BCUT2D eigenvalue weighted by molar-refractivity contribution is 0.0688. The Morgan fingerprint density at radius 3 is 2.89 bits per heavy atom. The average Bonchev–Trinajstić information content (AvgIpc) is 3.34. The standard InChI is InChI=1S/C20H23N5O2S/c1-13-4-2-3-5-17(13)23-20-22-15(12-28-20)11-25-8-6-14(7-9-25)16-10-21-24-18(16)19(26)27/h2-5,10,12,14H,6-9,11H2,1H3,(H,21,24)(H,22,23)(H,26,27). The maximum absolute atomic E-state index is 11.3. The summed E-state index contributed by atoms with van der Waals surface area (Å²) >= 11 is 1.62. The number of para-hydroxylation sites is 1. The molecule has 0 saturated carbocycles. The zero-order valence-corrected chi connectivity index (χ0v) is 16.5. The quantitative estimate of drug-likeness (QED) is 0.582. The molecule has 8 heteroatoms. The van der Waals surface area contributed by atoms with Crippen molar-refractivity contribution >= 4 is 28.1 Å². The second-order valence-corrected chi connectivity index (χ2v) is 8.00. The molecule has 0 radical (unpaired) electrons. The molecular weight excluding hydrogens is 374 g/mol. The molecule has 146 valence electrons. The van der Waals surface area contributed by atoms with Crippen LogP contribution in [0.15, 0.2) is 35.8 Å². The zero-order chi connectivity index (χ0) is 19.5. The molecule has 3 heterocycles. The number of rotatable bonds is 6. The summed E-state index contributed by atoms with van der Waals surface area (Å²) in [7, 11) is 0. The highest BCUT2D eigenvalue weighted by atomic mass is 32.1. The Morgan fingerprint density at radius 2 is 2.14 bits per heavy atom. The van der Waals surface area contributed by atoms with Gasteiger partial charge in [-0.05, 0) is 50.4 Å². The minimum Gasteiger partial charge on any atom is -0.477 e. The maximum Gasteiger partial charge on any atom is 0.354 e. The molecule has 3 N–H and O–H groups in total. The summed E-state index contributed by atoms with van der Waals surface area (Å²) < 4.78 is 0. The molecule has 1 saturated heterocycles. The van der Waals surface area contributed by atoms with E-state index in [1.165, 1.54) is 5.56 Å². The summed E-state index contributed by atoms with van der Waals surface area (Å²) in [6.07, 6.45) is 3.52. The molecule has 0 aliphatic carbocycles. The average molecular weight is 398 g/mol. The van der Waals surface area contributed by atoms with E-state index in [2.05, 4.69) is 44.9 Å². The number of anilines is 2. The van der Waals surface area contributed by atoms with Crippen LogP contribution in [0.3, 0.4) is 0 Å². The number of aromatic nitrogens is 3. The van der Waals surface area contributed by atoms with E-state index in [1.807, 2.05) is 12.1 Å². The van der Waals surface area contributed by atoms with Crippen LogP contribution in [0.25, 0.3) is 0 Å². The molecule has 0 unspecified atom stereocenters. The number of aryl methyl sites for hydroxylation is 1. The smallest absolute Gasteiger partial charge is 0.354 e.